The number of hydrogen-bond acceptors (Lipinski definition) is 5. The van der Waals surface area contributed by atoms with Crippen LogP contribution in [-0.4, -0.2) is 28.5 Å². The molecule has 0 radical (unpaired) electrons. The van der Waals surface area contributed by atoms with Gasteiger partial charge in [-0.15, -0.1) is 22.7 Å². The summed E-state index contributed by atoms with van der Waals surface area (Å²) in [4.78, 5) is 27.8. The molecule has 2 amide bonds. The smallest absolute Gasteiger partial charge is 0.284 e. The van der Waals surface area contributed by atoms with Gasteiger partial charge in [0.1, 0.15) is 0 Å². The standard InChI is InChI=1S/C13H12N2O3S2/c16-12(14-18)11-6-8-7-15(4-3-9(8)20-11)13(17)10-2-1-5-19-10/h1-2,5-6,18H,3-4,7H2,(H,14,16). The first-order valence-corrected chi connectivity index (χ1v) is 7.77. The first kappa shape index (κ1) is 13.3. The van der Waals surface area contributed by atoms with Crippen molar-refractivity contribution in [2.24, 2.45) is 0 Å². The maximum atomic E-state index is 12.3. The number of nitrogens with zero attached hydrogens (tertiary/aromatic N) is 1. The number of rotatable bonds is 2. The van der Waals surface area contributed by atoms with Gasteiger partial charge in [-0.05, 0) is 29.5 Å². The van der Waals surface area contributed by atoms with E-state index in [-0.39, 0.29) is 5.91 Å². The maximum absolute atomic E-state index is 12.3. The van der Waals surface area contributed by atoms with Crippen LogP contribution in [0.4, 0.5) is 0 Å². The summed E-state index contributed by atoms with van der Waals surface area (Å²) in [5.41, 5.74) is 2.63. The first-order valence-electron chi connectivity index (χ1n) is 6.08. The van der Waals surface area contributed by atoms with Gasteiger partial charge in [-0.2, -0.15) is 0 Å². The molecule has 2 aromatic heterocycles. The van der Waals surface area contributed by atoms with Gasteiger partial charge in [-0.25, -0.2) is 5.48 Å². The van der Waals surface area contributed by atoms with Gasteiger partial charge in [0.15, 0.2) is 0 Å². The van der Waals surface area contributed by atoms with Crippen molar-refractivity contribution in [1.29, 1.82) is 0 Å². The van der Waals surface area contributed by atoms with Crippen molar-refractivity contribution in [3.05, 3.63) is 43.8 Å². The third kappa shape index (κ3) is 2.35. The third-order valence-corrected chi connectivity index (χ3v) is 5.30. The zero-order valence-electron chi connectivity index (χ0n) is 10.5. The highest BCUT2D eigenvalue weighted by Crippen LogP contribution is 2.29. The summed E-state index contributed by atoms with van der Waals surface area (Å²) in [6.07, 6.45) is 0.746. The Bertz CT molecular complexity index is 649. The number of thiophene rings is 2. The highest BCUT2D eigenvalue weighted by atomic mass is 32.1. The van der Waals surface area contributed by atoms with E-state index in [0.29, 0.717) is 18.0 Å². The van der Waals surface area contributed by atoms with E-state index in [4.69, 9.17) is 5.21 Å². The molecule has 1 aliphatic heterocycles. The Hall–Kier alpha value is -1.70. The minimum absolute atomic E-state index is 0.0324. The van der Waals surface area contributed by atoms with E-state index in [1.54, 1.807) is 16.4 Å². The summed E-state index contributed by atoms with van der Waals surface area (Å²) in [5, 5.41) is 10.5. The second-order valence-electron chi connectivity index (χ2n) is 4.45. The Kier molecular flexibility index (Phi) is 3.56. The minimum Gasteiger partial charge on any atom is -0.333 e. The maximum Gasteiger partial charge on any atom is 0.284 e. The quantitative estimate of drug-likeness (QED) is 0.659. The largest absolute Gasteiger partial charge is 0.333 e. The summed E-state index contributed by atoms with van der Waals surface area (Å²) >= 11 is 2.81. The second-order valence-corrected chi connectivity index (χ2v) is 6.54. The summed E-state index contributed by atoms with van der Waals surface area (Å²) in [5.74, 6) is -0.467. The molecule has 0 unspecified atom stereocenters. The molecule has 0 aromatic carbocycles. The molecule has 7 heteroatoms. The van der Waals surface area contributed by atoms with E-state index in [2.05, 4.69) is 0 Å². The topological polar surface area (TPSA) is 69.6 Å². The molecule has 0 bridgehead atoms. The Morgan fingerprint density at radius 3 is 2.90 bits per heavy atom. The van der Waals surface area contributed by atoms with Crippen molar-refractivity contribution in [2.75, 3.05) is 6.54 Å². The van der Waals surface area contributed by atoms with Gasteiger partial charge in [0.05, 0.1) is 9.75 Å². The molecule has 0 aliphatic carbocycles. The fraction of sp³-hybridized carbons (Fsp3) is 0.231. The van der Waals surface area contributed by atoms with E-state index < -0.39 is 5.91 Å². The predicted octanol–water partition coefficient (Wildman–Crippen LogP) is 2.13. The van der Waals surface area contributed by atoms with Crippen LogP contribution in [0.5, 0.6) is 0 Å². The molecule has 2 aromatic rings. The summed E-state index contributed by atoms with van der Waals surface area (Å²) in [7, 11) is 0. The lowest BCUT2D eigenvalue weighted by atomic mass is 10.1. The zero-order valence-corrected chi connectivity index (χ0v) is 12.1. The molecular formula is C13H12N2O3S2. The lowest BCUT2D eigenvalue weighted by Crippen LogP contribution is -2.34. The summed E-state index contributed by atoms with van der Waals surface area (Å²) in [6.45, 7) is 1.17. The normalized spacial score (nSPS) is 13.9. The zero-order chi connectivity index (χ0) is 14.1. The molecular weight excluding hydrogens is 296 g/mol. The molecule has 0 saturated heterocycles. The molecule has 0 spiro atoms. The molecule has 20 heavy (non-hydrogen) atoms. The van der Waals surface area contributed by atoms with Crippen LogP contribution in [0.3, 0.4) is 0 Å². The molecule has 2 N–H and O–H groups in total. The number of nitrogens with one attached hydrogen (secondary N) is 1. The van der Waals surface area contributed by atoms with Gasteiger partial charge in [-0.1, -0.05) is 6.07 Å². The van der Waals surface area contributed by atoms with Crippen LogP contribution in [-0.2, 0) is 13.0 Å². The highest BCUT2D eigenvalue weighted by Gasteiger charge is 2.25. The van der Waals surface area contributed by atoms with Crippen molar-refractivity contribution in [3.63, 3.8) is 0 Å². The summed E-state index contributed by atoms with van der Waals surface area (Å²) in [6, 6.07) is 5.43. The van der Waals surface area contributed by atoms with E-state index in [1.807, 2.05) is 17.5 Å². The Labute approximate surface area is 123 Å². The van der Waals surface area contributed by atoms with E-state index in [1.165, 1.54) is 22.7 Å². The van der Waals surface area contributed by atoms with Crippen molar-refractivity contribution in [1.82, 2.24) is 10.4 Å². The number of hydrogen-bond donors (Lipinski definition) is 2. The van der Waals surface area contributed by atoms with Crippen LogP contribution in [0.15, 0.2) is 23.6 Å². The number of carbonyl (C=O) groups excluding carboxylic acids is 2. The van der Waals surface area contributed by atoms with Gasteiger partial charge in [-0.3, -0.25) is 14.8 Å². The Morgan fingerprint density at radius 2 is 2.20 bits per heavy atom. The Morgan fingerprint density at radius 1 is 1.35 bits per heavy atom. The van der Waals surface area contributed by atoms with Crippen LogP contribution >= 0.6 is 22.7 Å². The van der Waals surface area contributed by atoms with Crippen molar-refractivity contribution in [3.8, 4) is 0 Å². The molecule has 104 valence electrons. The molecule has 0 saturated carbocycles. The Balaban J connectivity index is 1.80. The monoisotopic (exact) mass is 308 g/mol. The van der Waals surface area contributed by atoms with Crippen molar-refractivity contribution < 1.29 is 14.8 Å². The molecule has 3 rings (SSSR count). The molecule has 3 heterocycles. The average molecular weight is 308 g/mol. The van der Waals surface area contributed by atoms with Gasteiger partial charge in [0, 0.05) is 18.0 Å². The van der Waals surface area contributed by atoms with Crippen LogP contribution < -0.4 is 5.48 Å². The fourth-order valence-electron chi connectivity index (χ4n) is 2.23. The third-order valence-electron chi connectivity index (χ3n) is 3.21. The minimum atomic E-state index is -0.500. The number of amides is 2. The van der Waals surface area contributed by atoms with Gasteiger partial charge < -0.3 is 4.90 Å². The van der Waals surface area contributed by atoms with Crippen LogP contribution in [0.1, 0.15) is 29.8 Å². The van der Waals surface area contributed by atoms with Crippen molar-refractivity contribution >= 4 is 34.5 Å². The number of fused-ring (bicyclic) bond motifs is 1. The SMILES string of the molecule is O=C(NO)c1cc2c(s1)CCN(C(=O)c1cccs1)C2. The lowest BCUT2D eigenvalue weighted by molar-refractivity contribution is 0.0711. The molecule has 0 atom stereocenters. The van der Waals surface area contributed by atoms with Gasteiger partial charge in [0.25, 0.3) is 11.8 Å². The van der Waals surface area contributed by atoms with E-state index >= 15 is 0 Å². The van der Waals surface area contributed by atoms with Gasteiger partial charge in [0.2, 0.25) is 0 Å². The number of hydroxylamine groups is 1. The van der Waals surface area contributed by atoms with Crippen LogP contribution in [0.2, 0.25) is 0 Å². The highest BCUT2D eigenvalue weighted by molar-refractivity contribution is 7.14. The van der Waals surface area contributed by atoms with E-state index in [0.717, 1.165) is 21.7 Å². The molecule has 1 aliphatic rings. The summed E-state index contributed by atoms with van der Waals surface area (Å²) < 4.78 is 0. The van der Waals surface area contributed by atoms with Crippen LogP contribution in [0, 0.1) is 0 Å². The fourth-order valence-corrected chi connectivity index (χ4v) is 3.97. The van der Waals surface area contributed by atoms with Crippen LogP contribution in [0.25, 0.3) is 0 Å². The lowest BCUT2D eigenvalue weighted by Gasteiger charge is -2.26. The average Bonchev–Trinajstić information content (AvgIpc) is 3.13. The van der Waals surface area contributed by atoms with E-state index in [9.17, 15) is 9.59 Å². The van der Waals surface area contributed by atoms with Gasteiger partial charge >= 0.3 is 0 Å². The number of carbonyl (C=O) groups is 2. The molecule has 0 fully saturated rings. The predicted molar refractivity (Wildman–Crippen MR) is 76.3 cm³/mol. The van der Waals surface area contributed by atoms with Crippen molar-refractivity contribution in [2.45, 2.75) is 13.0 Å². The molecule has 5 nitrogen and oxygen atoms in total. The second kappa shape index (κ2) is 5.35. The first-order chi connectivity index (χ1) is 9.69.